The Bertz CT molecular complexity index is 488. The second-order valence-corrected chi connectivity index (χ2v) is 7.05. The first-order chi connectivity index (χ1) is 9.30. The summed E-state index contributed by atoms with van der Waals surface area (Å²) < 4.78 is 2.27. The van der Waals surface area contributed by atoms with Crippen LogP contribution in [0.2, 0.25) is 0 Å². The maximum absolute atomic E-state index is 12.6. The summed E-state index contributed by atoms with van der Waals surface area (Å²) in [7, 11) is 0. The number of carbonyl (C=O) groups is 1. The Morgan fingerprint density at radius 2 is 1.75 bits per heavy atom. The molecule has 1 aromatic rings. The van der Waals surface area contributed by atoms with Crippen molar-refractivity contribution >= 4 is 5.78 Å². The number of likely N-dealkylation sites (tertiary alicyclic amines) is 1. The van der Waals surface area contributed by atoms with Crippen LogP contribution >= 0.6 is 0 Å². The average molecular weight is 276 g/mol. The summed E-state index contributed by atoms with van der Waals surface area (Å²) in [5, 5.41) is 0. The standard InChI is InChI=1S/C17H28N2O/c1-13-11-15(14(2)19(13)17(3,4)5)16(20)12-18-9-7-6-8-10-18/h11H,6-10,12H2,1-5H3. The van der Waals surface area contributed by atoms with E-state index in [1.807, 2.05) is 0 Å². The summed E-state index contributed by atoms with van der Waals surface area (Å²) in [6.07, 6.45) is 3.77. The minimum Gasteiger partial charge on any atom is -0.343 e. The van der Waals surface area contributed by atoms with Crippen LogP contribution in [0.25, 0.3) is 0 Å². The molecule has 2 rings (SSSR count). The Balaban J connectivity index is 2.18. The van der Waals surface area contributed by atoms with Crippen molar-refractivity contribution in [3.63, 3.8) is 0 Å². The van der Waals surface area contributed by atoms with Crippen molar-refractivity contribution < 1.29 is 4.79 Å². The number of aromatic nitrogens is 1. The van der Waals surface area contributed by atoms with Gasteiger partial charge in [0.2, 0.25) is 0 Å². The zero-order valence-electron chi connectivity index (χ0n) is 13.6. The third-order valence-electron chi connectivity index (χ3n) is 4.22. The summed E-state index contributed by atoms with van der Waals surface area (Å²) in [6, 6.07) is 2.06. The third kappa shape index (κ3) is 3.14. The molecule has 1 aromatic heterocycles. The fourth-order valence-corrected chi connectivity index (χ4v) is 3.48. The normalized spacial score (nSPS) is 17.4. The van der Waals surface area contributed by atoms with Crippen LogP contribution < -0.4 is 0 Å². The van der Waals surface area contributed by atoms with Gasteiger partial charge < -0.3 is 4.57 Å². The molecule has 0 atom stereocenters. The Morgan fingerprint density at radius 1 is 1.15 bits per heavy atom. The first-order valence-corrected chi connectivity index (χ1v) is 7.75. The van der Waals surface area contributed by atoms with E-state index in [0.717, 1.165) is 24.3 Å². The molecule has 0 radical (unpaired) electrons. The molecule has 3 heteroatoms. The molecule has 0 spiro atoms. The van der Waals surface area contributed by atoms with Crippen LogP contribution in [0.3, 0.4) is 0 Å². The van der Waals surface area contributed by atoms with Crippen LogP contribution in [-0.4, -0.2) is 34.9 Å². The predicted molar refractivity (Wildman–Crippen MR) is 83.5 cm³/mol. The number of hydrogen-bond acceptors (Lipinski definition) is 2. The van der Waals surface area contributed by atoms with Crippen molar-refractivity contribution in [2.45, 2.75) is 59.4 Å². The molecule has 0 N–H and O–H groups in total. The van der Waals surface area contributed by atoms with Crippen molar-refractivity contribution in [2.75, 3.05) is 19.6 Å². The second kappa shape index (κ2) is 5.72. The maximum atomic E-state index is 12.6. The Morgan fingerprint density at radius 3 is 2.25 bits per heavy atom. The maximum Gasteiger partial charge on any atom is 0.178 e. The number of carbonyl (C=O) groups excluding carboxylic acids is 1. The van der Waals surface area contributed by atoms with Gasteiger partial charge in [-0.05, 0) is 66.6 Å². The van der Waals surface area contributed by atoms with E-state index >= 15 is 0 Å². The van der Waals surface area contributed by atoms with Crippen LogP contribution in [0.1, 0.15) is 61.8 Å². The van der Waals surface area contributed by atoms with Crippen LogP contribution in [0.5, 0.6) is 0 Å². The number of Topliss-reactive ketones (excluding diaryl/α,β-unsaturated/α-hetero) is 1. The number of piperidine rings is 1. The Kier molecular flexibility index (Phi) is 4.38. The van der Waals surface area contributed by atoms with Gasteiger partial charge in [0.25, 0.3) is 0 Å². The number of nitrogens with zero attached hydrogens (tertiary/aromatic N) is 2. The van der Waals surface area contributed by atoms with E-state index < -0.39 is 0 Å². The van der Waals surface area contributed by atoms with E-state index in [1.165, 1.54) is 25.0 Å². The lowest BCUT2D eigenvalue weighted by Crippen LogP contribution is -2.34. The monoisotopic (exact) mass is 276 g/mol. The van der Waals surface area contributed by atoms with Crippen molar-refractivity contribution in [2.24, 2.45) is 0 Å². The molecule has 1 aliphatic heterocycles. The average Bonchev–Trinajstić information content (AvgIpc) is 2.65. The highest BCUT2D eigenvalue weighted by Crippen LogP contribution is 2.25. The summed E-state index contributed by atoms with van der Waals surface area (Å²) in [5.41, 5.74) is 3.22. The molecule has 1 aliphatic rings. The lowest BCUT2D eigenvalue weighted by Gasteiger charge is -2.27. The van der Waals surface area contributed by atoms with Crippen molar-refractivity contribution in [1.82, 2.24) is 9.47 Å². The molecular weight excluding hydrogens is 248 g/mol. The topological polar surface area (TPSA) is 25.2 Å². The third-order valence-corrected chi connectivity index (χ3v) is 4.22. The van der Waals surface area contributed by atoms with Crippen molar-refractivity contribution in [3.8, 4) is 0 Å². The van der Waals surface area contributed by atoms with E-state index in [9.17, 15) is 4.79 Å². The molecule has 0 amide bonds. The van der Waals surface area contributed by atoms with Crippen LogP contribution in [-0.2, 0) is 5.54 Å². The molecule has 1 fully saturated rings. The molecule has 20 heavy (non-hydrogen) atoms. The van der Waals surface area contributed by atoms with E-state index in [2.05, 4.69) is 50.2 Å². The van der Waals surface area contributed by atoms with Gasteiger partial charge in [-0.2, -0.15) is 0 Å². The molecule has 1 saturated heterocycles. The van der Waals surface area contributed by atoms with Crippen LogP contribution in [0.15, 0.2) is 6.07 Å². The van der Waals surface area contributed by atoms with E-state index in [4.69, 9.17) is 0 Å². The first kappa shape index (κ1) is 15.3. The SMILES string of the molecule is Cc1cc(C(=O)CN2CCCCC2)c(C)n1C(C)(C)C. The lowest BCUT2D eigenvalue weighted by atomic mass is 10.1. The molecule has 3 nitrogen and oxygen atoms in total. The van der Waals surface area contributed by atoms with Gasteiger partial charge in [0.1, 0.15) is 0 Å². The van der Waals surface area contributed by atoms with Gasteiger partial charge in [0.05, 0.1) is 6.54 Å². The van der Waals surface area contributed by atoms with Gasteiger partial charge in [0.15, 0.2) is 5.78 Å². The Labute approximate surface area is 123 Å². The van der Waals surface area contributed by atoms with Gasteiger partial charge in [-0.1, -0.05) is 6.42 Å². The highest BCUT2D eigenvalue weighted by atomic mass is 16.1. The lowest BCUT2D eigenvalue weighted by molar-refractivity contribution is 0.0915. The molecule has 0 bridgehead atoms. The minimum absolute atomic E-state index is 0.0256. The fourth-order valence-electron chi connectivity index (χ4n) is 3.48. The van der Waals surface area contributed by atoms with Gasteiger partial charge in [-0.25, -0.2) is 0 Å². The summed E-state index contributed by atoms with van der Waals surface area (Å²) in [5.74, 6) is 0.274. The number of hydrogen-bond donors (Lipinski definition) is 0. The molecule has 0 unspecified atom stereocenters. The second-order valence-electron chi connectivity index (χ2n) is 7.05. The van der Waals surface area contributed by atoms with Gasteiger partial charge >= 0.3 is 0 Å². The van der Waals surface area contributed by atoms with Crippen LogP contribution in [0.4, 0.5) is 0 Å². The van der Waals surface area contributed by atoms with Gasteiger partial charge in [-0.3, -0.25) is 9.69 Å². The van der Waals surface area contributed by atoms with Crippen LogP contribution in [0, 0.1) is 13.8 Å². The zero-order valence-corrected chi connectivity index (χ0v) is 13.6. The van der Waals surface area contributed by atoms with Gasteiger partial charge in [-0.15, -0.1) is 0 Å². The van der Waals surface area contributed by atoms with E-state index in [1.54, 1.807) is 0 Å². The largest absolute Gasteiger partial charge is 0.343 e. The van der Waals surface area contributed by atoms with Gasteiger partial charge in [0, 0.05) is 22.5 Å². The number of aryl methyl sites for hydroxylation is 1. The fraction of sp³-hybridized carbons (Fsp3) is 0.706. The molecule has 0 aromatic carbocycles. The number of rotatable bonds is 3. The summed E-state index contributed by atoms with van der Waals surface area (Å²) >= 11 is 0. The zero-order chi connectivity index (χ0) is 14.9. The number of ketones is 1. The molecule has 0 aliphatic carbocycles. The van der Waals surface area contributed by atoms with E-state index in [-0.39, 0.29) is 11.3 Å². The summed E-state index contributed by atoms with van der Waals surface area (Å²) in [6.45, 7) is 13.4. The predicted octanol–water partition coefficient (Wildman–Crippen LogP) is 3.53. The summed E-state index contributed by atoms with van der Waals surface area (Å²) in [4.78, 5) is 14.9. The highest BCUT2D eigenvalue weighted by molar-refractivity contribution is 5.99. The molecular formula is C17H28N2O. The van der Waals surface area contributed by atoms with E-state index in [0.29, 0.717) is 6.54 Å². The first-order valence-electron chi connectivity index (χ1n) is 7.75. The Hall–Kier alpha value is -1.09. The molecule has 112 valence electrons. The minimum atomic E-state index is 0.0256. The molecule has 0 saturated carbocycles. The van der Waals surface area contributed by atoms with Crippen molar-refractivity contribution in [3.05, 3.63) is 23.0 Å². The van der Waals surface area contributed by atoms with Crippen molar-refractivity contribution in [1.29, 1.82) is 0 Å². The quantitative estimate of drug-likeness (QED) is 0.789. The highest BCUT2D eigenvalue weighted by Gasteiger charge is 2.24. The smallest absolute Gasteiger partial charge is 0.178 e. The molecule has 2 heterocycles.